The molecule has 0 saturated heterocycles. The number of carbonyl (C=O) groups excluding carboxylic acids is 1. The number of rotatable bonds is 6. The molecule has 2 aromatic rings. The van der Waals surface area contributed by atoms with E-state index in [0.717, 1.165) is 0 Å². The standard InChI is InChI=1S/C15H11Cl3F2N2O2/c16-8-5-10(18)12(6-9(8)17)22-14(23)7-21-11-3-1-2-4-13(11)24-15(19)20/h1-6,15,21H,7H2,(H,22,23). The molecular formula is C15H11Cl3F2N2O2. The van der Waals surface area contributed by atoms with Crippen LogP contribution in [0.3, 0.4) is 0 Å². The second-order valence-electron chi connectivity index (χ2n) is 4.52. The third kappa shape index (κ3) is 5.12. The van der Waals surface area contributed by atoms with Gasteiger partial charge in [0.05, 0.1) is 33.0 Å². The first-order valence-corrected chi connectivity index (χ1v) is 7.72. The Bertz CT molecular complexity index is 745. The molecule has 2 aromatic carbocycles. The molecule has 24 heavy (non-hydrogen) atoms. The van der Waals surface area contributed by atoms with Crippen molar-refractivity contribution in [3.63, 3.8) is 0 Å². The van der Waals surface area contributed by atoms with Gasteiger partial charge in [-0.2, -0.15) is 8.78 Å². The molecule has 2 rings (SSSR count). The molecule has 1 amide bonds. The van der Waals surface area contributed by atoms with Crippen LogP contribution >= 0.6 is 34.8 Å². The first kappa shape index (κ1) is 18.6. The van der Waals surface area contributed by atoms with Crippen molar-refractivity contribution in [2.75, 3.05) is 17.2 Å². The highest BCUT2D eigenvalue weighted by molar-refractivity contribution is 6.44. The lowest BCUT2D eigenvalue weighted by atomic mass is 10.3. The number of para-hydroxylation sites is 2. The van der Waals surface area contributed by atoms with Gasteiger partial charge in [0, 0.05) is 0 Å². The van der Waals surface area contributed by atoms with Gasteiger partial charge in [-0.1, -0.05) is 46.9 Å². The van der Waals surface area contributed by atoms with Gasteiger partial charge in [0.1, 0.15) is 5.75 Å². The van der Waals surface area contributed by atoms with Crippen molar-refractivity contribution >= 4 is 52.1 Å². The summed E-state index contributed by atoms with van der Waals surface area (Å²) in [5, 5.41) is 5.97. The molecule has 0 saturated carbocycles. The van der Waals surface area contributed by atoms with E-state index < -0.39 is 12.5 Å². The molecular weight excluding hydrogens is 385 g/mol. The van der Waals surface area contributed by atoms with Gasteiger partial charge in [-0.05, 0) is 24.3 Å². The van der Waals surface area contributed by atoms with Crippen LogP contribution in [0.15, 0.2) is 36.4 Å². The van der Waals surface area contributed by atoms with Crippen molar-refractivity contribution in [3.05, 3.63) is 51.5 Å². The van der Waals surface area contributed by atoms with Gasteiger partial charge in [-0.15, -0.1) is 0 Å². The number of alkyl halides is 2. The minimum Gasteiger partial charge on any atom is -0.433 e. The fraction of sp³-hybridized carbons (Fsp3) is 0.133. The molecule has 128 valence electrons. The molecule has 9 heteroatoms. The summed E-state index contributed by atoms with van der Waals surface area (Å²) in [5.74, 6) is -0.519. The van der Waals surface area contributed by atoms with E-state index in [9.17, 15) is 13.6 Å². The van der Waals surface area contributed by atoms with Gasteiger partial charge in [0.2, 0.25) is 5.91 Å². The topological polar surface area (TPSA) is 50.4 Å². The molecule has 0 spiro atoms. The predicted octanol–water partition coefficient (Wildman–Crippen LogP) is 5.30. The summed E-state index contributed by atoms with van der Waals surface area (Å²) < 4.78 is 29.0. The van der Waals surface area contributed by atoms with E-state index in [1.807, 2.05) is 0 Å². The van der Waals surface area contributed by atoms with Crippen LogP contribution in [0.2, 0.25) is 15.1 Å². The number of carbonyl (C=O) groups is 1. The normalized spacial score (nSPS) is 10.6. The monoisotopic (exact) mass is 394 g/mol. The minimum absolute atomic E-state index is 0.0622. The molecule has 0 fully saturated rings. The number of amides is 1. The SMILES string of the molecule is O=C(CNc1ccccc1OC(F)F)Nc1cc(Cl)c(Cl)cc1Cl. The lowest BCUT2D eigenvalue weighted by Gasteiger charge is -2.13. The highest BCUT2D eigenvalue weighted by Gasteiger charge is 2.12. The first-order chi connectivity index (χ1) is 11.4. The molecule has 4 nitrogen and oxygen atoms in total. The Morgan fingerprint density at radius 3 is 2.42 bits per heavy atom. The van der Waals surface area contributed by atoms with E-state index >= 15 is 0 Å². The van der Waals surface area contributed by atoms with E-state index in [0.29, 0.717) is 0 Å². The van der Waals surface area contributed by atoms with Crippen LogP contribution in [0.1, 0.15) is 0 Å². The second kappa shape index (κ2) is 8.37. The summed E-state index contributed by atoms with van der Waals surface area (Å²) in [5.41, 5.74) is 0.545. The highest BCUT2D eigenvalue weighted by atomic mass is 35.5. The molecule has 0 heterocycles. The van der Waals surface area contributed by atoms with Crippen molar-refractivity contribution < 1.29 is 18.3 Å². The van der Waals surface area contributed by atoms with Crippen LogP contribution in [0.5, 0.6) is 5.75 Å². The quantitative estimate of drug-likeness (QED) is 0.653. The maximum Gasteiger partial charge on any atom is 0.387 e. The van der Waals surface area contributed by atoms with E-state index in [2.05, 4.69) is 15.4 Å². The molecule has 0 unspecified atom stereocenters. The molecule has 0 aliphatic carbocycles. The van der Waals surface area contributed by atoms with Crippen molar-refractivity contribution in [1.29, 1.82) is 0 Å². The fourth-order valence-corrected chi connectivity index (χ4v) is 2.39. The zero-order chi connectivity index (χ0) is 17.7. The van der Waals surface area contributed by atoms with Crippen molar-refractivity contribution in [2.24, 2.45) is 0 Å². The molecule has 0 atom stereocenters. The van der Waals surface area contributed by atoms with Gasteiger partial charge >= 0.3 is 6.61 Å². The van der Waals surface area contributed by atoms with Crippen LogP contribution in [-0.2, 0) is 4.79 Å². The lowest BCUT2D eigenvalue weighted by molar-refractivity contribution is -0.114. The number of hydrogen-bond acceptors (Lipinski definition) is 3. The third-order valence-corrected chi connectivity index (χ3v) is 3.86. The Morgan fingerprint density at radius 2 is 1.71 bits per heavy atom. The summed E-state index contributed by atoms with van der Waals surface area (Å²) >= 11 is 17.6. The molecule has 0 aliphatic rings. The third-order valence-electron chi connectivity index (χ3n) is 2.83. The molecule has 0 aliphatic heterocycles. The lowest BCUT2D eigenvalue weighted by Crippen LogP contribution is -2.22. The molecule has 0 aromatic heterocycles. The number of halogens is 5. The van der Waals surface area contributed by atoms with Gasteiger partial charge in [0.25, 0.3) is 0 Å². The molecule has 0 radical (unpaired) electrons. The average Bonchev–Trinajstić information content (AvgIpc) is 2.51. The Hall–Kier alpha value is -1.76. The van der Waals surface area contributed by atoms with E-state index in [1.165, 1.54) is 24.3 Å². The number of benzene rings is 2. The Balaban J connectivity index is 2.00. The molecule has 0 bridgehead atoms. The summed E-state index contributed by atoms with van der Waals surface area (Å²) in [4.78, 5) is 12.0. The maximum absolute atomic E-state index is 12.3. The van der Waals surface area contributed by atoms with Gasteiger partial charge in [-0.3, -0.25) is 4.79 Å². The van der Waals surface area contributed by atoms with Gasteiger partial charge < -0.3 is 15.4 Å². The minimum atomic E-state index is -2.96. The van der Waals surface area contributed by atoms with E-state index in [1.54, 1.807) is 12.1 Å². The number of hydrogen-bond donors (Lipinski definition) is 2. The Kier molecular flexibility index (Phi) is 6.48. The number of ether oxygens (including phenoxy) is 1. The first-order valence-electron chi connectivity index (χ1n) is 6.59. The summed E-state index contributed by atoms with van der Waals surface area (Å²) in [7, 11) is 0. The van der Waals surface area contributed by atoms with E-state index in [4.69, 9.17) is 34.8 Å². The number of anilines is 2. The number of nitrogens with one attached hydrogen (secondary N) is 2. The molecule has 2 N–H and O–H groups in total. The van der Waals surface area contributed by atoms with Crippen LogP contribution in [0.4, 0.5) is 20.2 Å². The Labute approximate surface area is 151 Å². The van der Waals surface area contributed by atoms with Gasteiger partial charge in [0.15, 0.2) is 0 Å². The van der Waals surface area contributed by atoms with Crippen LogP contribution in [0, 0.1) is 0 Å². The average molecular weight is 396 g/mol. The van der Waals surface area contributed by atoms with Crippen LogP contribution in [-0.4, -0.2) is 19.1 Å². The van der Waals surface area contributed by atoms with Crippen LogP contribution in [0.25, 0.3) is 0 Å². The zero-order valence-electron chi connectivity index (χ0n) is 12.0. The summed E-state index contributed by atoms with van der Waals surface area (Å²) in [6, 6.07) is 8.85. The highest BCUT2D eigenvalue weighted by Crippen LogP contribution is 2.32. The van der Waals surface area contributed by atoms with Crippen LogP contribution < -0.4 is 15.4 Å². The fourth-order valence-electron chi connectivity index (χ4n) is 1.80. The largest absolute Gasteiger partial charge is 0.433 e. The smallest absolute Gasteiger partial charge is 0.387 e. The van der Waals surface area contributed by atoms with E-state index in [-0.39, 0.29) is 38.7 Å². The predicted molar refractivity (Wildman–Crippen MR) is 91.7 cm³/mol. The maximum atomic E-state index is 12.3. The van der Waals surface area contributed by atoms with Crippen molar-refractivity contribution in [1.82, 2.24) is 0 Å². The second-order valence-corrected chi connectivity index (χ2v) is 5.74. The van der Waals surface area contributed by atoms with Crippen molar-refractivity contribution in [3.8, 4) is 5.75 Å². The summed E-state index contributed by atoms with van der Waals surface area (Å²) in [6.45, 7) is -3.16. The van der Waals surface area contributed by atoms with Gasteiger partial charge in [-0.25, -0.2) is 0 Å². The van der Waals surface area contributed by atoms with Crippen molar-refractivity contribution in [2.45, 2.75) is 6.61 Å². The zero-order valence-corrected chi connectivity index (χ0v) is 14.2. The summed E-state index contributed by atoms with van der Waals surface area (Å²) in [6.07, 6.45) is 0. The Morgan fingerprint density at radius 1 is 1.04 bits per heavy atom.